The molecular formula is C25H41FN6O2. The summed E-state index contributed by atoms with van der Waals surface area (Å²) in [4.78, 5) is 24.4. The first-order valence-corrected chi connectivity index (χ1v) is 13.3. The molecule has 3 atom stereocenters. The van der Waals surface area contributed by atoms with E-state index in [0.717, 1.165) is 76.2 Å². The second-order valence-corrected chi connectivity index (χ2v) is 11.5. The van der Waals surface area contributed by atoms with Gasteiger partial charge in [-0.2, -0.15) is 4.98 Å². The van der Waals surface area contributed by atoms with Crippen molar-refractivity contribution in [2.75, 3.05) is 40.3 Å². The largest absolute Gasteiger partial charge is 0.339 e. The average Bonchev–Trinajstić information content (AvgIpc) is 3.56. The molecule has 2 saturated heterocycles. The lowest BCUT2D eigenvalue weighted by Gasteiger charge is -2.46. The van der Waals surface area contributed by atoms with E-state index in [-0.39, 0.29) is 17.5 Å². The molecule has 1 aromatic rings. The summed E-state index contributed by atoms with van der Waals surface area (Å²) in [7, 11) is 4.27. The molecule has 8 nitrogen and oxygen atoms in total. The van der Waals surface area contributed by atoms with E-state index < -0.39 is 12.2 Å². The second kappa shape index (κ2) is 9.72. The van der Waals surface area contributed by atoms with Crippen LogP contribution in [0.3, 0.4) is 0 Å². The van der Waals surface area contributed by atoms with E-state index in [1.54, 1.807) is 0 Å². The molecule has 0 aromatic carbocycles. The normalized spacial score (nSPS) is 31.1. The molecule has 2 saturated carbocycles. The Hall–Kier alpha value is -1.74. The van der Waals surface area contributed by atoms with Gasteiger partial charge in [0.2, 0.25) is 5.89 Å². The van der Waals surface area contributed by atoms with Gasteiger partial charge in [-0.15, -0.1) is 0 Å². The summed E-state index contributed by atoms with van der Waals surface area (Å²) in [5.74, 6) is 1.98. The van der Waals surface area contributed by atoms with Gasteiger partial charge < -0.3 is 19.6 Å². The van der Waals surface area contributed by atoms with E-state index in [1.165, 1.54) is 0 Å². The highest BCUT2D eigenvalue weighted by Gasteiger charge is 2.42. The number of carbonyl (C=O) groups is 1. The first-order valence-electron chi connectivity index (χ1n) is 13.3. The van der Waals surface area contributed by atoms with Gasteiger partial charge >= 0.3 is 6.03 Å². The van der Waals surface area contributed by atoms with E-state index in [1.807, 2.05) is 4.90 Å². The average molecular weight is 477 g/mol. The zero-order valence-electron chi connectivity index (χ0n) is 21.0. The lowest BCUT2D eigenvalue weighted by Crippen LogP contribution is -2.62. The topological polar surface area (TPSA) is 77.7 Å². The summed E-state index contributed by atoms with van der Waals surface area (Å²) in [6.07, 6.45) is 7.45. The number of nitrogens with zero attached hydrogens (tertiary/aromatic N) is 5. The third kappa shape index (κ3) is 4.96. The smallest absolute Gasteiger partial charge is 0.317 e. The van der Waals surface area contributed by atoms with Crippen LogP contribution < -0.4 is 5.32 Å². The summed E-state index contributed by atoms with van der Waals surface area (Å²) in [6, 6.07) is 0.127. The highest BCUT2D eigenvalue weighted by atomic mass is 19.1. The van der Waals surface area contributed by atoms with Gasteiger partial charge in [-0.05, 0) is 71.9 Å². The summed E-state index contributed by atoms with van der Waals surface area (Å²) >= 11 is 0. The van der Waals surface area contributed by atoms with Crippen LogP contribution in [0.2, 0.25) is 0 Å². The Bertz CT molecular complexity index is 842. The highest BCUT2D eigenvalue weighted by Crippen LogP contribution is 2.41. The number of carbonyl (C=O) groups excluding carboxylic acids is 1. The van der Waals surface area contributed by atoms with Crippen molar-refractivity contribution in [1.82, 2.24) is 30.2 Å². The number of rotatable bonds is 5. The van der Waals surface area contributed by atoms with Crippen molar-refractivity contribution < 1.29 is 13.7 Å². The third-order valence-electron chi connectivity index (χ3n) is 8.83. The molecule has 9 heteroatoms. The standard InChI is InChI=1S/C25H41FN6O2/c1-25(23-28-22(34-29-23)17-7-8-17)11-15-32(16-12-25)24(33)27-21-19(26)5-4-6-20(21)31-13-9-18(10-14-31)30(2)3/h17-21H,4-16H2,1-3H3,(H,27,33)/t19-,20+,21+/m1/s1. The van der Waals surface area contributed by atoms with Gasteiger partial charge in [0.1, 0.15) is 6.17 Å². The van der Waals surface area contributed by atoms with Gasteiger partial charge in [0.15, 0.2) is 5.82 Å². The van der Waals surface area contributed by atoms with Crippen LogP contribution in [0, 0.1) is 0 Å². The molecule has 0 radical (unpaired) electrons. The maximum absolute atomic E-state index is 15.1. The van der Waals surface area contributed by atoms with Crippen molar-refractivity contribution in [3.8, 4) is 0 Å². The van der Waals surface area contributed by atoms with Crippen LogP contribution in [0.15, 0.2) is 4.52 Å². The SMILES string of the molecule is CN(C)C1CCN([C@H]2CCC[C@@H](F)[C@@H]2NC(=O)N2CCC(C)(c3noc(C4CC4)n3)CC2)CC1. The fourth-order valence-corrected chi connectivity index (χ4v) is 6.09. The van der Waals surface area contributed by atoms with Crippen LogP contribution in [0.4, 0.5) is 9.18 Å². The quantitative estimate of drug-likeness (QED) is 0.703. The minimum Gasteiger partial charge on any atom is -0.339 e. The number of urea groups is 1. The fraction of sp³-hybridized carbons (Fsp3) is 0.880. The minimum absolute atomic E-state index is 0.0889. The van der Waals surface area contributed by atoms with Crippen molar-refractivity contribution in [1.29, 1.82) is 0 Å². The lowest BCUT2D eigenvalue weighted by molar-refractivity contribution is 0.0400. The molecule has 4 fully saturated rings. The molecule has 5 rings (SSSR count). The first-order chi connectivity index (χ1) is 16.3. The third-order valence-corrected chi connectivity index (χ3v) is 8.83. The number of alkyl halides is 1. The van der Waals surface area contributed by atoms with E-state index in [0.29, 0.717) is 31.5 Å². The lowest BCUT2D eigenvalue weighted by atomic mass is 9.79. The van der Waals surface area contributed by atoms with E-state index in [9.17, 15) is 4.79 Å². The molecule has 4 aliphatic rings. The molecule has 2 aliphatic carbocycles. The van der Waals surface area contributed by atoms with Gasteiger partial charge in [-0.1, -0.05) is 12.1 Å². The Morgan fingerprint density at radius 1 is 1.09 bits per heavy atom. The number of aromatic nitrogens is 2. The fourth-order valence-electron chi connectivity index (χ4n) is 6.09. The van der Waals surface area contributed by atoms with Gasteiger partial charge in [-0.3, -0.25) is 4.90 Å². The number of halogens is 1. The van der Waals surface area contributed by atoms with Crippen LogP contribution in [0.5, 0.6) is 0 Å². The number of hydrogen-bond acceptors (Lipinski definition) is 6. The Morgan fingerprint density at radius 2 is 1.79 bits per heavy atom. The van der Waals surface area contributed by atoms with Gasteiger partial charge in [0, 0.05) is 49.6 Å². The molecule has 2 amide bonds. The van der Waals surface area contributed by atoms with Gasteiger partial charge in [0.05, 0.1) is 6.04 Å². The Kier molecular flexibility index (Phi) is 6.86. The molecule has 1 aromatic heterocycles. The van der Waals surface area contributed by atoms with Crippen molar-refractivity contribution in [2.45, 2.75) is 100 Å². The van der Waals surface area contributed by atoms with E-state index in [4.69, 9.17) is 4.52 Å². The maximum atomic E-state index is 15.1. The first kappa shape index (κ1) is 24.0. The molecule has 2 aliphatic heterocycles. The van der Waals surface area contributed by atoms with Gasteiger partial charge in [0.25, 0.3) is 0 Å². The Morgan fingerprint density at radius 3 is 2.44 bits per heavy atom. The second-order valence-electron chi connectivity index (χ2n) is 11.5. The maximum Gasteiger partial charge on any atom is 0.317 e. The summed E-state index contributed by atoms with van der Waals surface area (Å²) in [5.41, 5.74) is -0.180. The van der Waals surface area contributed by atoms with Crippen LogP contribution in [-0.2, 0) is 5.41 Å². The van der Waals surface area contributed by atoms with Crippen LogP contribution in [0.1, 0.15) is 82.3 Å². The molecule has 34 heavy (non-hydrogen) atoms. The Balaban J connectivity index is 1.17. The van der Waals surface area contributed by atoms with Crippen LogP contribution >= 0.6 is 0 Å². The zero-order valence-corrected chi connectivity index (χ0v) is 21.0. The zero-order chi connectivity index (χ0) is 23.9. The van der Waals surface area contributed by atoms with Gasteiger partial charge in [-0.25, -0.2) is 9.18 Å². The number of hydrogen-bond donors (Lipinski definition) is 1. The highest BCUT2D eigenvalue weighted by molar-refractivity contribution is 5.75. The Labute approximate surface area is 202 Å². The molecule has 0 unspecified atom stereocenters. The van der Waals surface area contributed by atoms with Crippen molar-refractivity contribution >= 4 is 6.03 Å². The molecular weight excluding hydrogens is 435 g/mol. The number of amides is 2. The van der Waals surface area contributed by atoms with Crippen molar-refractivity contribution in [2.24, 2.45) is 0 Å². The van der Waals surface area contributed by atoms with E-state index in [2.05, 4.69) is 46.3 Å². The molecule has 3 heterocycles. The monoisotopic (exact) mass is 476 g/mol. The summed E-state index contributed by atoms with van der Waals surface area (Å²) < 4.78 is 20.6. The van der Waals surface area contributed by atoms with Crippen molar-refractivity contribution in [3.05, 3.63) is 11.7 Å². The summed E-state index contributed by atoms with van der Waals surface area (Å²) in [5, 5.41) is 7.39. The van der Waals surface area contributed by atoms with Crippen molar-refractivity contribution in [3.63, 3.8) is 0 Å². The number of likely N-dealkylation sites (tertiary alicyclic amines) is 2. The summed E-state index contributed by atoms with van der Waals surface area (Å²) in [6.45, 7) is 5.36. The van der Waals surface area contributed by atoms with Crippen LogP contribution in [0.25, 0.3) is 0 Å². The van der Waals surface area contributed by atoms with E-state index >= 15 is 4.39 Å². The number of nitrogens with one attached hydrogen (secondary N) is 1. The molecule has 1 N–H and O–H groups in total. The number of piperidine rings is 2. The predicted molar refractivity (Wildman–Crippen MR) is 128 cm³/mol. The molecule has 0 spiro atoms. The minimum atomic E-state index is -0.982. The van der Waals surface area contributed by atoms with Crippen LogP contribution in [-0.4, -0.2) is 95.4 Å². The molecule has 190 valence electrons. The molecule has 0 bridgehead atoms. The predicted octanol–water partition coefficient (Wildman–Crippen LogP) is 3.30.